The first-order valence-corrected chi connectivity index (χ1v) is 7.51. The predicted molar refractivity (Wildman–Crippen MR) is 80.7 cm³/mol. The Hall–Kier alpha value is -2.41. The monoisotopic (exact) mass is 335 g/mol. The summed E-state index contributed by atoms with van der Waals surface area (Å²) in [7, 11) is 0. The molecule has 3 rings (SSSR count). The van der Waals surface area contributed by atoms with Gasteiger partial charge in [0.2, 0.25) is 17.6 Å². The highest BCUT2D eigenvalue weighted by Gasteiger charge is 2.48. The van der Waals surface area contributed by atoms with Crippen molar-refractivity contribution in [1.29, 1.82) is 0 Å². The largest absolute Gasteiger partial charge is 0.481 e. The molecule has 1 amide bonds. The fraction of sp³-hybridized carbons (Fsp3) is 0.333. The van der Waals surface area contributed by atoms with Crippen LogP contribution in [0, 0.1) is 11.8 Å². The van der Waals surface area contributed by atoms with Gasteiger partial charge in [0.15, 0.2) is 0 Å². The molecule has 1 aliphatic carbocycles. The van der Waals surface area contributed by atoms with Gasteiger partial charge in [-0.2, -0.15) is 4.98 Å². The molecular formula is C15H14ClN3O4. The van der Waals surface area contributed by atoms with Gasteiger partial charge in [-0.15, -0.1) is 0 Å². The molecule has 1 aromatic heterocycles. The van der Waals surface area contributed by atoms with Crippen LogP contribution in [0.4, 0.5) is 0 Å². The van der Waals surface area contributed by atoms with E-state index in [1.807, 2.05) is 6.07 Å². The van der Waals surface area contributed by atoms with E-state index in [9.17, 15) is 9.59 Å². The molecule has 23 heavy (non-hydrogen) atoms. The van der Waals surface area contributed by atoms with Crippen molar-refractivity contribution in [3.8, 4) is 11.4 Å². The maximum absolute atomic E-state index is 11.7. The van der Waals surface area contributed by atoms with Crippen LogP contribution in [0.3, 0.4) is 0 Å². The van der Waals surface area contributed by atoms with E-state index in [-0.39, 0.29) is 5.91 Å². The number of amides is 1. The van der Waals surface area contributed by atoms with Gasteiger partial charge in [-0.3, -0.25) is 9.59 Å². The lowest BCUT2D eigenvalue weighted by atomic mass is 10.2. The van der Waals surface area contributed by atoms with Gasteiger partial charge in [0, 0.05) is 23.6 Å². The van der Waals surface area contributed by atoms with E-state index in [0.717, 1.165) is 5.56 Å². The lowest BCUT2D eigenvalue weighted by Crippen LogP contribution is -2.28. The number of nitrogens with zero attached hydrogens (tertiary/aromatic N) is 2. The molecule has 120 valence electrons. The molecule has 2 N–H and O–H groups in total. The van der Waals surface area contributed by atoms with Gasteiger partial charge in [0.25, 0.3) is 0 Å². The molecule has 0 spiro atoms. The zero-order valence-corrected chi connectivity index (χ0v) is 12.8. The quantitative estimate of drug-likeness (QED) is 0.833. The second-order valence-corrected chi connectivity index (χ2v) is 5.79. The standard InChI is InChI=1S/C15H14ClN3O4/c16-9-3-1-2-8(6-9)13-18-12(23-19-13)4-5-17-14(20)10-7-11(10)15(21)22/h1-3,6,10-11H,4-5,7H2,(H,17,20)(H,21,22)/t10-,11+/m1/s1. The topological polar surface area (TPSA) is 105 Å². The summed E-state index contributed by atoms with van der Waals surface area (Å²) < 4.78 is 5.13. The summed E-state index contributed by atoms with van der Waals surface area (Å²) in [5.41, 5.74) is 0.749. The molecular weight excluding hydrogens is 322 g/mol. The van der Waals surface area contributed by atoms with Crippen molar-refractivity contribution in [2.75, 3.05) is 6.54 Å². The van der Waals surface area contributed by atoms with Crippen molar-refractivity contribution in [1.82, 2.24) is 15.5 Å². The van der Waals surface area contributed by atoms with Crippen molar-refractivity contribution in [3.05, 3.63) is 35.2 Å². The zero-order chi connectivity index (χ0) is 16.4. The van der Waals surface area contributed by atoms with Crippen molar-refractivity contribution in [3.63, 3.8) is 0 Å². The van der Waals surface area contributed by atoms with Gasteiger partial charge in [0.1, 0.15) is 0 Å². The first-order valence-electron chi connectivity index (χ1n) is 7.13. The highest BCUT2D eigenvalue weighted by atomic mass is 35.5. The van der Waals surface area contributed by atoms with Crippen LogP contribution in [0.1, 0.15) is 12.3 Å². The molecule has 0 aliphatic heterocycles. The summed E-state index contributed by atoms with van der Waals surface area (Å²) in [6.07, 6.45) is 0.782. The molecule has 1 fully saturated rings. The minimum atomic E-state index is -0.923. The predicted octanol–water partition coefficient (Wildman–Crippen LogP) is 1.77. The van der Waals surface area contributed by atoms with Gasteiger partial charge in [-0.25, -0.2) is 0 Å². The number of aromatic nitrogens is 2. The number of carbonyl (C=O) groups is 2. The average molecular weight is 336 g/mol. The first-order chi connectivity index (χ1) is 11.0. The average Bonchev–Trinajstić information content (AvgIpc) is 3.20. The second kappa shape index (κ2) is 6.37. The van der Waals surface area contributed by atoms with Crippen LogP contribution in [-0.4, -0.2) is 33.7 Å². The summed E-state index contributed by atoms with van der Waals surface area (Å²) in [6, 6.07) is 7.10. The van der Waals surface area contributed by atoms with Crippen molar-refractivity contribution in [2.24, 2.45) is 11.8 Å². The van der Waals surface area contributed by atoms with Crippen molar-refractivity contribution in [2.45, 2.75) is 12.8 Å². The molecule has 0 unspecified atom stereocenters. The van der Waals surface area contributed by atoms with Crippen molar-refractivity contribution < 1.29 is 19.2 Å². The van der Waals surface area contributed by atoms with Crippen LogP contribution in [0.5, 0.6) is 0 Å². The number of carboxylic acids is 1. The Morgan fingerprint density at radius 3 is 2.91 bits per heavy atom. The minimum absolute atomic E-state index is 0.244. The van der Waals surface area contributed by atoms with E-state index in [1.54, 1.807) is 18.2 Å². The molecule has 0 radical (unpaired) electrons. The lowest BCUT2D eigenvalue weighted by molar-refractivity contribution is -0.140. The van der Waals surface area contributed by atoms with Crippen LogP contribution >= 0.6 is 11.6 Å². The van der Waals surface area contributed by atoms with E-state index in [2.05, 4.69) is 15.5 Å². The zero-order valence-electron chi connectivity index (χ0n) is 12.0. The van der Waals surface area contributed by atoms with E-state index in [0.29, 0.717) is 36.1 Å². The number of hydrogen-bond acceptors (Lipinski definition) is 5. The number of carbonyl (C=O) groups excluding carboxylic acids is 1. The number of nitrogens with one attached hydrogen (secondary N) is 1. The number of rotatable bonds is 6. The van der Waals surface area contributed by atoms with Crippen LogP contribution in [0.2, 0.25) is 5.02 Å². The molecule has 0 saturated heterocycles. The summed E-state index contributed by atoms with van der Waals surface area (Å²) in [5.74, 6) is -1.31. The van der Waals surface area contributed by atoms with Gasteiger partial charge in [0.05, 0.1) is 11.8 Å². The Morgan fingerprint density at radius 2 is 2.22 bits per heavy atom. The van der Waals surface area contributed by atoms with Crippen LogP contribution in [0.15, 0.2) is 28.8 Å². The highest BCUT2D eigenvalue weighted by Crippen LogP contribution is 2.38. The van der Waals surface area contributed by atoms with Crippen LogP contribution in [0.25, 0.3) is 11.4 Å². The molecule has 8 heteroatoms. The van der Waals surface area contributed by atoms with E-state index >= 15 is 0 Å². The third kappa shape index (κ3) is 3.68. The minimum Gasteiger partial charge on any atom is -0.481 e. The Labute approximate surface area is 136 Å². The van der Waals surface area contributed by atoms with E-state index in [4.69, 9.17) is 21.2 Å². The molecule has 2 aromatic rings. The Bertz CT molecular complexity index is 746. The lowest BCUT2D eigenvalue weighted by Gasteiger charge is -2.01. The molecule has 1 saturated carbocycles. The molecule has 2 atom stereocenters. The summed E-state index contributed by atoms with van der Waals surface area (Å²) >= 11 is 5.91. The summed E-state index contributed by atoms with van der Waals surface area (Å²) in [5, 5.41) is 15.9. The molecule has 7 nitrogen and oxygen atoms in total. The molecule has 1 heterocycles. The summed E-state index contributed by atoms with van der Waals surface area (Å²) in [6.45, 7) is 0.318. The van der Waals surface area contributed by atoms with Gasteiger partial charge in [-0.05, 0) is 18.6 Å². The van der Waals surface area contributed by atoms with E-state index < -0.39 is 17.8 Å². The fourth-order valence-electron chi connectivity index (χ4n) is 2.28. The normalized spacial score (nSPS) is 19.3. The van der Waals surface area contributed by atoms with Crippen molar-refractivity contribution >= 4 is 23.5 Å². The SMILES string of the molecule is O=C(O)[C@H]1C[C@H]1C(=O)NCCc1nc(-c2cccc(Cl)c2)no1. The smallest absolute Gasteiger partial charge is 0.307 e. The highest BCUT2D eigenvalue weighted by molar-refractivity contribution is 6.30. The first kappa shape index (κ1) is 15.5. The molecule has 1 aromatic carbocycles. The van der Waals surface area contributed by atoms with Gasteiger partial charge >= 0.3 is 5.97 Å². The maximum Gasteiger partial charge on any atom is 0.307 e. The number of aliphatic carboxylic acids is 1. The molecule has 0 bridgehead atoms. The van der Waals surface area contributed by atoms with E-state index in [1.165, 1.54) is 0 Å². The Balaban J connectivity index is 1.50. The number of benzene rings is 1. The third-order valence-corrected chi connectivity index (χ3v) is 3.87. The Morgan fingerprint density at radius 1 is 1.39 bits per heavy atom. The van der Waals surface area contributed by atoms with Gasteiger partial charge < -0.3 is 14.9 Å². The second-order valence-electron chi connectivity index (χ2n) is 5.35. The van der Waals surface area contributed by atoms with Crippen LogP contribution in [-0.2, 0) is 16.0 Å². The summed E-state index contributed by atoms with van der Waals surface area (Å²) in [4.78, 5) is 26.7. The maximum atomic E-state index is 11.7. The molecule has 1 aliphatic rings. The Kier molecular flexibility index (Phi) is 4.29. The van der Waals surface area contributed by atoms with Gasteiger partial charge in [-0.1, -0.05) is 28.9 Å². The number of halogens is 1. The van der Waals surface area contributed by atoms with Crippen LogP contribution < -0.4 is 5.32 Å². The third-order valence-electron chi connectivity index (χ3n) is 3.63. The number of carboxylic acid groups (broad SMARTS) is 1. The fourth-order valence-corrected chi connectivity index (χ4v) is 2.47. The number of hydrogen-bond donors (Lipinski definition) is 2.